The molecule has 0 radical (unpaired) electrons. The minimum absolute atomic E-state index is 0.209. The molecule has 0 amide bonds. The van der Waals surface area contributed by atoms with Gasteiger partial charge in [0, 0.05) is 10.2 Å². The zero-order valence-electron chi connectivity index (χ0n) is 8.36. The number of halogens is 4. The van der Waals surface area contributed by atoms with Crippen LogP contribution in [0.25, 0.3) is 0 Å². The molecule has 5 heteroatoms. The van der Waals surface area contributed by atoms with Gasteiger partial charge in [0.1, 0.15) is 0 Å². The average molecular weight is 275 g/mol. The van der Waals surface area contributed by atoms with Gasteiger partial charge in [-0.3, -0.25) is 0 Å². The van der Waals surface area contributed by atoms with Crippen LogP contribution in [0.1, 0.15) is 27.2 Å². The van der Waals surface area contributed by atoms with Crippen molar-refractivity contribution in [3.63, 3.8) is 0 Å². The van der Waals surface area contributed by atoms with E-state index in [1.165, 1.54) is 0 Å². The maximum Gasteiger partial charge on any atom is 0.414 e. The van der Waals surface area contributed by atoms with Crippen molar-refractivity contribution in [3.05, 3.63) is 0 Å². The number of rotatable bonds is 2. The van der Waals surface area contributed by atoms with Crippen LogP contribution in [0.2, 0.25) is 0 Å². The molecule has 1 rings (SSSR count). The first-order valence-electron chi connectivity index (χ1n) is 4.52. The quantitative estimate of drug-likeness (QED) is 0.701. The summed E-state index contributed by atoms with van der Waals surface area (Å²) in [6.07, 6.45) is -5.59. The van der Waals surface area contributed by atoms with Crippen molar-refractivity contribution in [2.75, 3.05) is 0 Å². The van der Waals surface area contributed by atoms with Crippen molar-refractivity contribution in [2.45, 2.75) is 50.4 Å². The number of hydrogen-bond donors (Lipinski definition) is 0. The van der Waals surface area contributed by atoms with Gasteiger partial charge in [-0.2, -0.15) is 13.2 Å². The first kappa shape index (κ1) is 12.3. The maximum atomic E-state index is 12.2. The van der Waals surface area contributed by atoms with Gasteiger partial charge >= 0.3 is 6.18 Å². The van der Waals surface area contributed by atoms with E-state index < -0.39 is 12.3 Å². The van der Waals surface area contributed by atoms with E-state index in [2.05, 4.69) is 15.9 Å². The summed E-state index contributed by atoms with van der Waals surface area (Å²) in [5.74, 6) is 0. The van der Waals surface area contributed by atoms with E-state index in [1.807, 2.05) is 13.8 Å². The molecule has 0 bridgehead atoms. The third-order valence-corrected chi connectivity index (χ3v) is 4.44. The van der Waals surface area contributed by atoms with Crippen LogP contribution in [0.4, 0.5) is 13.2 Å². The zero-order chi connectivity index (χ0) is 11.1. The summed E-state index contributed by atoms with van der Waals surface area (Å²) in [5.41, 5.74) is -0.209. The van der Waals surface area contributed by atoms with Gasteiger partial charge in [-0.1, -0.05) is 29.8 Å². The molecule has 3 unspecified atom stereocenters. The molecule has 1 fully saturated rings. The molecule has 1 nitrogen and oxygen atoms in total. The third-order valence-electron chi connectivity index (χ3n) is 2.89. The zero-order valence-corrected chi connectivity index (χ0v) is 9.95. The van der Waals surface area contributed by atoms with Crippen molar-refractivity contribution in [2.24, 2.45) is 5.41 Å². The normalized spacial score (nSPS) is 33.6. The van der Waals surface area contributed by atoms with Crippen LogP contribution in [-0.2, 0) is 4.74 Å². The fourth-order valence-electron chi connectivity index (χ4n) is 1.39. The Kier molecular flexibility index (Phi) is 3.22. The Morgan fingerprint density at radius 3 is 2.21 bits per heavy atom. The summed E-state index contributed by atoms with van der Waals surface area (Å²) in [7, 11) is 0. The fourth-order valence-corrected chi connectivity index (χ4v) is 2.03. The summed E-state index contributed by atoms with van der Waals surface area (Å²) < 4.78 is 41.5. The summed E-state index contributed by atoms with van der Waals surface area (Å²) in [5, 5.41) is 0. The van der Waals surface area contributed by atoms with Crippen molar-refractivity contribution in [1.82, 2.24) is 0 Å². The Bertz CT molecular complexity index is 215. The van der Waals surface area contributed by atoms with Crippen LogP contribution in [0.3, 0.4) is 0 Å². The molecule has 0 aliphatic heterocycles. The van der Waals surface area contributed by atoms with Gasteiger partial charge in [-0.25, -0.2) is 0 Å². The topological polar surface area (TPSA) is 9.23 Å². The second-order valence-electron chi connectivity index (χ2n) is 4.33. The number of hydrogen-bond acceptors (Lipinski definition) is 1. The van der Waals surface area contributed by atoms with Crippen molar-refractivity contribution >= 4 is 15.9 Å². The Hall–Kier alpha value is 0.230. The van der Waals surface area contributed by atoms with E-state index in [0.29, 0.717) is 6.42 Å². The highest BCUT2D eigenvalue weighted by molar-refractivity contribution is 9.09. The molecule has 0 heterocycles. The summed E-state index contributed by atoms with van der Waals surface area (Å²) >= 11 is 3.40. The molecule has 0 aromatic rings. The summed E-state index contributed by atoms with van der Waals surface area (Å²) in [4.78, 5) is 0.250. The minimum atomic E-state index is -4.26. The highest BCUT2D eigenvalue weighted by Gasteiger charge is 2.50. The predicted molar refractivity (Wildman–Crippen MR) is 51.5 cm³/mol. The molecule has 0 N–H and O–H groups in total. The van der Waals surface area contributed by atoms with E-state index in [-0.39, 0.29) is 16.3 Å². The first-order valence-corrected chi connectivity index (χ1v) is 5.43. The van der Waals surface area contributed by atoms with Gasteiger partial charge in [0.2, 0.25) is 0 Å². The van der Waals surface area contributed by atoms with Gasteiger partial charge in [0.25, 0.3) is 0 Å². The molecular formula is C9H14BrF3O. The highest BCUT2D eigenvalue weighted by atomic mass is 79.9. The molecule has 0 saturated heterocycles. The molecule has 1 aliphatic rings. The molecule has 0 aromatic heterocycles. The Morgan fingerprint density at radius 2 is 1.93 bits per heavy atom. The van der Waals surface area contributed by atoms with E-state index >= 15 is 0 Å². The fraction of sp³-hybridized carbons (Fsp3) is 1.00. The van der Waals surface area contributed by atoms with E-state index in [4.69, 9.17) is 4.74 Å². The standard InChI is InChI=1S/C9H14BrF3O/c1-5(9(11,12)13)14-7-4-6(10)8(7,2)3/h5-7H,4H2,1-3H3. The first-order chi connectivity index (χ1) is 6.15. The van der Waals surface area contributed by atoms with Gasteiger partial charge in [-0.05, 0) is 13.3 Å². The SMILES string of the molecule is CC(OC1CC(Br)C1(C)C)C(F)(F)F. The van der Waals surface area contributed by atoms with Crippen molar-refractivity contribution in [1.29, 1.82) is 0 Å². The number of ether oxygens (including phenoxy) is 1. The second-order valence-corrected chi connectivity index (χ2v) is 5.44. The summed E-state index contributed by atoms with van der Waals surface area (Å²) in [6, 6.07) is 0. The molecule has 1 saturated carbocycles. The van der Waals surface area contributed by atoms with Gasteiger partial charge in [0.05, 0.1) is 6.10 Å². The van der Waals surface area contributed by atoms with Crippen LogP contribution in [-0.4, -0.2) is 23.2 Å². The van der Waals surface area contributed by atoms with Gasteiger partial charge in [-0.15, -0.1) is 0 Å². The Morgan fingerprint density at radius 1 is 1.43 bits per heavy atom. The smallest absolute Gasteiger partial charge is 0.365 e. The van der Waals surface area contributed by atoms with Crippen LogP contribution in [0.5, 0.6) is 0 Å². The molecule has 84 valence electrons. The molecule has 3 atom stereocenters. The monoisotopic (exact) mass is 274 g/mol. The van der Waals surface area contributed by atoms with E-state index in [0.717, 1.165) is 6.92 Å². The van der Waals surface area contributed by atoms with Crippen LogP contribution >= 0.6 is 15.9 Å². The van der Waals surface area contributed by atoms with Gasteiger partial charge < -0.3 is 4.74 Å². The largest absolute Gasteiger partial charge is 0.414 e. The molecule has 14 heavy (non-hydrogen) atoms. The second kappa shape index (κ2) is 3.67. The van der Waals surface area contributed by atoms with Crippen LogP contribution in [0, 0.1) is 5.41 Å². The number of alkyl halides is 4. The van der Waals surface area contributed by atoms with E-state index in [9.17, 15) is 13.2 Å². The maximum absolute atomic E-state index is 12.2. The molecule has 1 aliphatic carbocycles. The van der Waals surface area contributed by atoms with Crippen molar-refractivity contribution in [3.8, 4) is 0 Å². The lowest BCUT2D eigenvalue weighted by molar-refractivity contribution is -0.249. The summed E-state index contributed by atoms with van der Waals surface area (Å²) in [6.45, 7) is 4.87. The van der Waals surface area contributed by atoms with Crippen molar-refractivity contribution < 1.29 is 17.9 Å². The predicted octanol–water partition coefficient (Wildman–Crippen LogP) is 3.52. The van der Waals surface area contributed by atoms with Gasteiger partial charge in [0.15, 0.2) is 6.10 Å². The minimum Gasteiger partial charge on any atom is -0.365 e. The average Bonchev–Trinajstić information content (AvgIpc) is 2.02. The lowest BCUT2D eigenvalue weighted by atomic mass is 9.69. The Balaban J connectivity index is 2.48. The lowest BCUT2D eigenvalue weighted by Crippen LogP contribution is -2.53. The highest BCUT2D eigenvalue weighted by Crippen LogP contribution is 2.48. The van der Waals surface area contributed by atoms with E-state index in [1.54, 1.807) is 0 Å². The lowest BCUT2D eigenvalue weighted by Gasteiger charge is -2.49. The third kappa shape index (κ3) is 2.24. The molecule has 0 aromatic carbocycles. The molecule has 0 spiro atoms. The Labute approximate surface area is 90.1 Å². The molecular weight excluding hydrogens is 261 g/mol. The van der Waals surface area contributed by atoms with Crippen LogP contribution < -0.4 is 0 Å². The van der Waals surface area contributed by atoms with Crippen LogP contribution in [0.15, 0.2) is 0 Å².